The zero-order valence-corrected chi connectivity index (χ0v) is 10.6. The molecule has 0 bridgehead atoms. The molecule has 0 atom stereocenters. The van der Waals surface area contributed by atoms with Gasteiger partial charge in [0.25, 0.3) is 0 Å². The number of benzene rings is 1. The summed E-state index contributed by atoms with van der Waals surface area (Å²) < 4.78 is 6.65. The van der Waals surface area contributed by atoms with Gasteiger partial charge in [0.1, 0.15) is 0 Å². The predicted octanol–water partition coefficient (Wildman–Crippen LogP) is 2.28. The summed E-state index contributed by atoms with van der Waals surface area (Å²) in [6, 6.07) is 9.96. The summed E-state index contributed by atoms with van der Waals surface area (Å²) in [4.78, 5) is 16.0. The molecule has 4 heteroatoms. The molecular weight excluding hydrogens is 228 g/mol. The summed E-state index contributed by atoms with van der Waals surface area (Å²) >= 11 is 0. The van der Waals surface area contributed by atoms with Gasteiger partial charge in [-0.2, -0.15) is 0 Å². The lowest BCUT2D eigenvalue weighted by Gasteiger charge is -2.07. The average Bonchev–Trinajstić information content (AvgIpc) is 2.82. The first kappa shape index (κ1) is 12.4. The summed E-state index contributed by atoms with van der Waals surface area (Å²) in [5.41, 5.74) is 2.45. The molecule has 0 unspecified atom stereocenters. The van der Waals surface area contributed by atoms with Crippen LogP contribution in [0.15, 0.2) is 36.7 Å². The average molecular weight is 244 g/mol. The number of carbonyl (C=O) groups is 1. The normalized spacial score (nSPS) is 10.3. The van der Waals surface area contributed by atoms with Gasteiger partial charge in [0.2, 0.25) is 0 Å². The standard InChI is InChI=1S/C14H16N2O2/c1-3-12-13(14(17)18-2)16(10-15-12)9-11-7-5-4-6-8-11/h4-8,10H,3,9H2,1-2H3. The first-order chi connectivity index (χ1) is 8.76. The van der Waals surface area contributed by atoms with Crippen molar-refractivity contribution in [2.75, 3.05) is 7.11 Å². The number of ether oxygens (including phenoxy) is 1. The van der Waals surface area contributed by atoms with Crippen LogP contribution in [0.5, 0.6) is 0 Å². The summed E-state index contributed by atoms with van der Waals surface area (Å²) in [6.45, 7) is 2.60. The van der Waals surface area contributed by atoms with Gasteiger partial charge >= 0.3 is 5.97 Å². The van der Waals surface area contributed by atoms with Gasteiger partial charge in [0.05, 0.1) is 19.1 Å². The predicted molar refractivity (Wildman–Crippen MR) is 68.5 cm³/mol. The molecule has 94 valence electrons. The van der Waals surface area contributed by atoms with Crippen molar-refractivity contribution in [2.24, 2.45) is 0 Å². The topological polar surface area (TPSA) is 44.1 Å². The van der Waals surface area contributed by atoms with Gasteiger partial charge in [-0.3, -0.25) is 0 Å². The van der Waals surface area contributed by atoms with Crippen molar-refractivity contribution in [2.45, 2.75) is 19.9 Å². The van der Waals surface area contributed by atoms with Gasteiger partial charge in [0, 0.05) is 6.54 Å². The quantitative estimate of drug-likeness (QED) is 0.775. The van der Waals surface area contributed by atoms with E-state index in [0.29, 0.717) is 18.7 Å². The van der Waals surface area contributed by atoms with Crippen LogP contribution in [0.2, 0.25) is 0 Å². The van der Waals surface area contributed by atoms with Crippen LogP contribution >= 0.6 is 0 Å². The van der Waals surface area contributed by atoms with E-state index in [2.05, 4.69) is 4.98 Å². The van der Waals surface area contributed by atoms with E-state index >= 15 is 0 Å². The Morgan fingerprint density at radius 3 is 2.67 bits per heavy atom. The second-order valence-corrected chi connectivity index (χ2v) is 4.00. The molecule has 0 aliphatic heterocycles. The van der Waals surface area contributed by atoms with E-state index in [1.54, 1.807) is 6.33 Å². The zero-order chi connectivity index (χ0) is 13.0. The fraction of sp³-hybridized carbons (Fsp3) is 0.286. The first-order valence-electron chi connectivity index (χ1n) is 5.92. The van der Waals surface area contributed by atoms with E-state index in [0.717, 1.165) is 11.3 Å². The van der Waals surface area contributed by atoms with Gasteiger partial charge in [-0.25, -0.2) is 9.78 Å². The van der Waals surface area contributed by atoms with Crippen molar-refractivity contribution < 1.29 is 9.53 Å². The number of rotatable bonds is 4. The second-order valence-electron chi connectivity index (χ2n) is 4.00. The van der Waals surface area contributed by atoms with Crippen molar-refractivity contribution in [3.63, 3.8) is 0 Å². The van der Waals surface area contributed by atoms with E-state index < -0.39 is 0 Å². The minimum Gasteiger partial charge on any atom is -0.464 e. The minimum atomic E-state index is -0.333. The molecule has 0 aliphatic rings. The Kier molecular flexibility index (Phi) is 3.77. The van der Waals surface area contributed by atoms with Crippen molar-refractivity contribution in [1.29, 1.82) is 0 Å². The molecular formula is C14H16N2O2. The molecule has 0 saturated heterocycles. The third-order valence-electron chi connectivity index (χ3n) is 2.82. The molecule has 1 aromatic carbocycles. The van der Waals surface area contributed by atoms with Crippen LogP contribution in [0, 0.1) is 0 Å². The third-order valence-corrected chi connectivity index (χ3v) is 2.82. The SMILES string of the molecule is CCc1ncn(Cc2ccccc2)c1C(=O)OC. The number of aromatic nitrogens is 2. The number of imidazole rings is 1. The molecule has 0 N–H and O–H groups in total. The Bertz CT molecular complexity index is 532. The number of methoxy groups -OCH3 is 1. The Hall–Kier alpha value is -2.10. The van der Waals surface area contributed by atoms with Gasteiger partial charge in [-0.05, 0) is 12.0 Å². The highest BCUT2D eigenvalue weighted by molar-refractivity contribution is 5.88. The van der Waals surface area contributed by atoms with E-state index in [9.17, 15) is 4.79 Å². The molecule has 0 aliphatic carbocycles. The largest absolute Gasteiger partial charge is 0.464 e. The van der Waals surface area contributed by atoms with Crippen molar-refractivity contribution in [3.8, 4) is 0 Å². The van der Waals surface area contributed by atoms with Crippen LogP contribution in [0.3, 0.4) is 0 Å². The van der Waals surface area contributed by atoms with E-state index in [1.165, 1.54) is 7.11 Å². The fourth-order valence-corrected chi connectivity index (χ4v) is 1.91. The minimum absolute atomic E-state index is 0.333. The molecule has 0 spiro atoms. The Morgan fingerprint density at radius 2 is 2.06 bits per heavy atom. The molecule has 0 amide bonds. The maximum atomic E-state index is 11.8. The number of hydrogen-bond acceptors (Lipinski definition) is 3. The molecule has 1 aromatic heterocycles. The van der Waals surface area contributed by atoms with E-state index in [4.69, 9.17) is 4.74 Å². The summed E-state index contributed by atoms with van der Waals surface area (Å²) in [7, 11) is 1.39. The van der Waals surface area contributed by atoms with Crippen LogP contribution in [0.1, 0.15) is 28.7 Å². The molecule has 18 heavy (non-hydrogen) atoms. The zero-order valence-electron chi connectivity index (χ0n) is 10.6. The van der Waals surface area contributed by atoms with Crippen LogP contribution in [0.4, 0.5) is 0 Å². The van der Waals surface area contributed by atoms with Crippen molar-refractivity contribution in [1.82, 2.24) is 9.55 Å². The second kappa shape index (κ2) is 5.49. The van der Waals surface area contributed by atoms with Crippen LogP contribution in [0.25, 0.3) is 0 Å². The first-order valence-corrected chi connectivity index (χ1v) is 5.92. The molecule has 2 aromatic rings. The highest BCUT2D eigenvalue weighted by atomic mass is 16.5. The number of carbonyl (C=O) groups excluding carboxylic acids is 1. The third kappa shape index (κ3) is 2.42. The van der Waals surface area contributed by atoms with Gasteiger partial charge in [0.15, 0.2) is 5.69 Å². The van der Waals surface area contributed by atoms with Crippen LogP contribution in [-0.2, 0) is 17.7 Å². The maximum absolute atomic E-state index is 11.8. The summed E-state index contributed by atoms with van der Waals surface area (Å²) in [5, 5.41) is 0. The number of esters is 1. The van der Waals surface area contributed by atoms with E-state index in [-0.39, 0.29) is 5.97 Å². The van der Waals surface area contributed by atoms with Crippen molar-refractivity contribution >= 4 is 5.97 Å². The Morgan fingerprint density at radius 1 is 1.33 bits per heavy atom. The monoisotopic (exact) mass is 244 g/mol. The van der Waals surface area contributed by atoms with E-state index in [1.807, 2.05) is 41.8 Å². The molecule has 4 nitrogen and oxygen atoms in total. The maximum Gasteiger partial charge on any atom is 0.356 e. The number of nitrogens with zero attached hydrogens (tertiary/aromatic N) is 2. The molecule has 0 fully saturated rings. The number of hydrogen-bond donors (Lipinski definition) is 0. The molecule has 1 heterocycles. The van der Waals surface area contributed by atoms with Crippen molar-refractivity contribution in [3.05, 3.63) is 53.6 Å². The Balaban J connectivity index is 2.33. The molecule has 0 saturated carbocycles. The van der Waals surface area contributed by atoms with Gasteiger partial charge in [-0.1, -0.05) is 37.3 Å². The highest BCUT2D eigenvalue weighted by Crippen LogP contribution is 2.12. The lowest BCUT2D eigenvalue weighted by atomic mass is 10.2. The van der Waals surface area contributed by atoms with Crippen LogP contribution in [-0.4, -0.2) is 22.6 Å². The summed E-state index contributed by atoms with van der Waals surface area (Å²) in [5.74, 6) is -0.333. The Labute approximate surface area is 106 Å². The fourth-order valence-electron chi connectivity index (χ4n) is 1.91. The number of aryl methyl sites for hydroxylation is 1. The lowest BCUT2D eigenvalue weighted by Crippen LogP contribution is -2.13. The summed E-state index contributed by atoms with van der Waals surface area (Å²) in [6.07, 6.45) is 2.41. The van der Waals surface area contributed by atoms with Gasteiger partial charge < -0.3 is 9.30 Å². The molecule has 2 rings (SSSR count). The lowest BCUT2D eigenvalue weighted by molar-refractivity contribution is 0.0587. The van der Waals surface area contributed by atoms with Crippen LogP contribution < -0.4 is 0 Å². The molecule has 0 radical (unpaired) electrons. The smallest absolute Gasteiger partial charge is 0.356 e. The van der Waals surface area contributed by atoms with Gasteiger partial charge in [-0.15, -0.1) is 0 Å². The highest BCUT2D eigenvalue weighted by Gasteiger charge is 2.18.